The Morgan fingerprint density at radius 1 is 1.09 bits per heavy atom. The van der Waals surface area contributed by atoms with E-state index in [4.69, 9.17) is 24.2 Å². The highest BCUT2D eigenvalue weighted by Crippen LogP contribution is 2.36. The molecule has 2 aliphatic heterocycles. The molecule has 0 unspecified atom stereocenters. The number of methoxy groups -OCH3 is 1. The van der Waals surface area contributed by atoms with Gasteiger partial charge in [-0.25, -0.2) is 4.98 Å². The van der Waals surface area contributed by atoms with Gasteiger partial charge in [-0.2, -0.15) is 4.98 Å². The standard InChI is InChI=1S/C24H32N4O4/c1-24(2,3)15-21(29)28-10-9-18-17(16-28)22(32-20-8-6-5-7-19(20)30-4)26-23(25-18)27-11-13-31-14-12-27/h5-8H,9-16H2,1-4H3. The second-order valence-electron chi connectivity index (χ2n) is 9.41. The minimum atomic E-state index is -0.0647. The summed E-state index contributed by atoms with van der Waals surface area (Å²) >= 11 is 0. The smallest absolute Gasteiger partial charge is 0.229 e. The van der Waals surface area contributed by atoms with Crippen molar-refractivity contribution in [2.24, 2.45) is 5.41 Å². The van der Waals surface area contributed by atoms with Crippen LogP contribution in [0.2, 0.25) is 0 Å². The van der Waals surface area contributed by atoms with Crippen LogP contribution >= 0.6 is 0 Å². The number of morpholine rings is 1. The van der Waals surface area contributed by atoms with Gasteiger partial charge in [-0.15, -0.1) is 0 Å². The number of benzene rings is 1. The van der Waals surface area contributed by atoms with Crippen molar-refractivity contribution in [1.82, 2.24) is 14.9 Å². The number of anilines is 1. The summed E-state index contributed by atoms with van der Waals surface area (Å²) in [5, 5.41) is 0. The highest BCUT2D eigenvalue weighted by molar-refractivity contribution is 5.77. The predicted molar refractivity (Wildman–Crippen MR) is 121 cm³/mol. The number of para-hydroxylation sites is 2. The summed E-state index contributed by atoms with van der Waals surface area (Å²) in [5.74, 6) is 2.48. The average Bonchev–Trinajstić information content (AvgIpc) is 2.78. The first-order valence-electron chi connectivity index (χ1n) is 11.2. The molecule has 2 aliphatic rings. The van der Waals surface area contributed by atoms with Crippen molar-refractivity contribution in [1.29, 1.82) is 0 Å². The maximum absolute atomic E-state index is 12.9. The van der Waals surface area contributed by atoms with Crippen LogP contribution in [0.25, 0.3) is 0 Å². The van der Waals surface area contributed by atoms with Gasteiger partial charge in [-0.3, -0.25) is 4.79 Å². The van der Waals surface area contributed by atoms with Gasteiger partial charge in [0.15, 0.2) is 11.5 Å². The molecular weight excluding hydrogens is 408 g/mol. The number of carbonyl (C=O) groups excluding carboxylic acids is 1. The van der Waals surface area contributed by atoms with Crippen molar-refractivity contribution >= 4 is 11.9 Å². The molecule has 4 rings (SSSR count). The summed E-state index contributed by atoms with van der Waals surface area (Å²) in [5.41, 5.74) is 1.73. The van der Waals surface area contributed by atoms with E-state index in [9.17, 15) is 4.79 Å². The molecule has 8 nitrogen and oxygen atoms in total. The normalized spacial score (nSPS) is 16.5. The molecule has 0 spiro atoms. The quantitative estimate of drug-likeness (QED) is 0.705. The topological polar surface area (TPSA) is 77.0 Å². The first-order valence-corrected chi connectivity index (χ1v) is 11.2. The molecule has 32 heavy (non-hydrogen) atoms. The van der Waals surface area contributed by atoms with E-state index in [0.717, 1.165) is 24.3 Å². The van der Waals surface area contributed by atoms with Gasteiger partial charge in [0, 0.05) is 32.5 Å². The number of carbonyl (C=O) groups is 1. The first-order chi connectivity index (χ1) is 15.3. The third-order valence-electron chi connectivity index (χ3n) is 5.61. The molecule has 0 N–H and O–H groups in total. The summed E-state index contributed by atoms with van der Waals surface area (Å²) in [4.78, 5) is 26.6. The summed E-state index contributed by atoms with van der Waals surface area (Å²) in [6.07, 6.45) is 1.17. The molecule has 2 aromatic rings. The highest BCUT2D eigenvalue weighted by atomic mass is 16.5. The lowest BCUT2D eigenvalue weighted by Crippen LogP contribution is -2.40. The lowest BCUT2D eigenvalue weighted by molar-refractivity contribution is -0.134. The molecular formula is C24H32N4O4. The first kappa shape index (κ1) is 22.3. The zero-order valence-corrected chi connectivity index (χ0v) is 19.4. The molecule has 1 fully saturated rings. The third-order valence-corrected chi connectivity index (χ3v) is 5.61. The van der Waals surface area contributed by atoms with Crippen LogP contribution in [0.1, 0.15) is 38.4 Å². The zero-order chi connectivity index (χ0) is 22.7. The maximum Gasteiger partial charge on any atom is 0.229 e. The van der Waals surface area contributed by atoms with E-state index in [1.54, 1.807) is 7.11 Å². The molecule has 1 saturated heterocycles. The molecule has 1 aromatic carbocycles. The minimum absolute atomic E-state index is 0.0647. The lowest BCUT2D eigenvalue weighted by atomic mass is 9.91. The third kappa shape index (κ3) is 5.12. The van der Waals surface area contributed by atoms with Crippen LogP contribution in [-0.2, 0) is 22.5 Å². The molecule has 172 valence electrons. The Labute approximate surface area is 189 Å². The van der Waals surface area contributed by atoms with Crippen LogP contribution in [0, 0.1) is 5.41 Å². The van der Waals surface area contributed by atoms with Crippen LogP contribution in [0.3, 0.4) is 0 Å². The predicted octanol–water partition coefficient (Wildman–Crippen LogP) is 3.44. The fourth-order valence-corrected chi connectivity index (χ4v) is 3.95. The largest absolute Gasteiger partial charge is 0.493 e. The SMILES string of the molecule is COc1ccccc1Oc1nc(N2CCOCC2)nc2c1CN(C(=O)CC(C)(C)C)CC2. The Bertz CT molecular complexity index is 967. The number of aromatic nitrogens is 2. The molecule has 0 atom stereocenters. The number of hydrogen-bond acceptors (Lipinski definition) is 7. The summed E-state index contributed by atoms with van der Waals surface area (Å²) < 4.78 is 17.2. The Hall–Kier alpha value is -2.87. The van der Waals surface area contributed by atoms with Crippen LogP contribution in [0.15, 0.2) is 24.3 Å². The van der Waals surface area contributed by atoms with E-state index in [-0.39, 0.29) is 11.3 Å². The second kappa shape index (κ2) is 9.32. The number of rotatable bonds is 5. The van der Waals surface area contributed by atoms with Gasteiger partial charge < -0.3 is 24.0 Å². The molecule has 0 aliphatic carbocycles. The number of hydrogen-bond donors (Lipinski definition) is 0. The molecule has 0 bridgehead atoms. The van der Waals surface area contributed by atoms with E-state index in [1.165, 1.54) is 0 Å². The Balaban J connectivity index is 1.68. The van der Waals surface area contributed by atoms with Crippen LogP contribution in [0.5, 0.6) is 17.4 Å². The summed E-state index contributed by atoms with van der Waals surface area (Å²) in [6.45, 7) is 10.1. The van der Waals surface area contributed by atoms with Crippen LogP contribution in [-0.4, -0.2) is 60.7 Å². The minimum Gasteiger partial charge on any atom is -0.493 e. The van der Waals surface area contributed by atoms with E-state index < -0.39 is 0 Å². The van der Waals surface area contributed by atoms with Crippen molar-refractivity contribution in [2.75, 3.05) is 44.9 Å². The van der Waals surface area contributed by atoms with Crippen molar-refractivity contribution in [2.45, 2.75) is 40.2 Å². The van der Waals surface area contributed by atoms with E-state index >= 15 is 0 Å². The van der Waals surface area contributed by atoms with Crippen molar-refractivity contribution < 1.29 is 19.0 Å². The molecule has 0 saturated carbocycles. The summed E-state index contributed by atoms with van der Waals surface area (Å²) in [7, 11) is 1.61. The van der Waals surface area contributed by atoms with Crippen molar-refractivity contribution in [3.05, 3.63) is 35.5 Å². The van der Waals surface area contributed by atoms with E-state index in [0.29, 0.717) is 62.5 Å². The second-order valence-corrected chi connectivity index (χ2v) is 9.41. The summed E-state index contributed by atoms with van der Waals surface area (Å²) in [6, 6.07) is 7.50. The number of fused-ring (bicyclic) bond motifs is 1. The van der Waals surface area contributed by atoms with E-state index in [1.807, 2.05) is 29.2 Å². The van der Waals surface area contributed by atoms with Gasteiger partial charge in [0.25, 0.3) is 0 Å². The highest BCUT2D eigenvalue weighted by Gasteiger charge is 2.30. The van der Waals surface area contributed by atoms with Gasteiger partial charge >= 0.3 is 0 Å². The zero-order valence-electron chi connectivity index (χ0n) is 19.4. The Morgan fingerprint density at radius 2 is 1.81 bits per heavy atom. The molecule has 3 heterocycles. The fourth-order valence-electron chi connectivity index (χ4n) is 3.95. The lowest BCUT2D eigenvalue weighted by Gasteiger charge is -2.33. The van der Waals surface area contributed by atoms with Crippen molar-refractivity contribution in [3.8, 4) is 17.4 Å². The van der Waals surface area contributed by atoms with Gasteiger partial charge in [-0.05, 0) is 17.5 Å². The maximum atomic E-state index is 12.9. The molecule has 1 amide bonds. The molecule has 0 radical (unpaired) electrons. The van der Waals surface area contributed by atoms with E-state index in [2.05, 4.69) is 25.7 Å². The molecule has 8 heteroatoms. The van der Waals surface area contributed by atoms with Crippen LogP contribution < -0.4 is 14.4 Å². The average molecular weight is 441 g/mol. The fraction of sp³-hybridized carbons (Fsp3) is 0.542. The van der Waals surface area contributed by atoms with Gasteiger partial charge in [0.1, 0.15) is 0 Å². The molecule has 1 aromatic heterocycles. The Kier molecular flexibility index (Phi) is 6.50. The van der Waals surface area contributed by atoms with Gasteiger partial charge in [0.2, 0.25) is 17.7 Å². The number of ether oxygens (including phenoxy) is 3. The number of amides is 1. The monoisotopic (exact) mass is 440 g/mol. The Morgan fingerprint density at radius 3 is 2.50 bits per heavy atom. The van der Waals surface area contributed by atoms with Gasteiger partial charge in [-0.1, -0.05) is 32.9 Å². The van der Waals surface area contributed by atoms with Crippen molar-refractivity contribution in [3.63, 3.8) is 0 Å². The number of nitrogens with zero attached hydrogens (tertiary/aromatic N) is 4. The van der Waals surface area contributed by atoms with Gasteiger partial charge in [0.05, 0.1) is 38.1 Å². The van der Waals surface area contributed by atoms with Crippen LogP contribution in [0.4, 0.5) is 5.95 Å².